The lowest BCUT2D eigenvalue weighted by atomic mass is 9.95. The normalized spacial score (nSPS) is 16.6. The predicted molar refractivity (Wildman–Crippen MR) is 75.6 cm³/mol. The quantitative estimate of drug-likeness (QED) is 0.679. The van der Waals surface area contributed by atoms with Crippen LogP contribution in [-0.2, 0) is 0 Å². The van der Waals surface area contributed by atoms with Gasteiger partial charge in [-0.15, -0.1) is 0 Å². The third kappa shape index (κ3) is 1.54. The Morgan fingerprint density at radius 1 is 1.05 bits per heavy atom. The zero-order valence-corrected chi connectivity index (χ0v) is 10.8. The van der Waals surface area contributed by atoms with Gasteiger partial charge in [0.25, 0.3) is 0 Å². The zero-order chi connectivity index (χ0) is 14.3. The molecule has 1 atom stereocenters. The van der Waals surface area contributed by atoms with Crippen LogP contribution in [0.25, 0.3) is 16.3 Å². The molecule has 2 aromatic rings. The van der Waals surface area contributed by atoms with E-state index in [9.17, 15) is 4.79 Å². The molecule has 0 saturated carbocycles. The molecule has 0 aromatic heterocycles. The fraction of sp³-hybridized carbons (Fsp3) is 0.118. The maximum Gasteiger partial charge on any atom is 0.170 e. The topological polar surface area (TPSA) is 64.7 Å². The summed E-state index contributed by atoms with van der Waals surface area (Å²) in [5.41, 5.74) is 1.91. The Morgan fingerprint density at radius 2 is 1.60 bits per heavy atom. The molecule has 0 fully saturated rings. The Labute approximate surface area is 116 Å². The van der Waals surface area contributed by atoms with Gasteiger partial charge in [0.05, 0.1) is 0 Å². The van der Waals surface area contributed by atoms with E-state index < -0.39 is 5.92 Å². The second kappa shape index (κ2) is 4.33. The third-order valence-corrected chi connectivity index (χ3v) is 3.76. The molecule has 2 aromatic carbocycles. The molecule has 3 heteroatoms. The Bertz CT molecular complexity index is 847. The van der Waals surface area contributed by atoms with Gasteiger partial charge in [-0.05, 0) is 34.0 Å². The van der Waals surface area contributed by atoms with Crippen LogP contribution < -0.4 is 0 Å². The predicted octanol–water partition coefficient (Wildman–Crippen LogP) is 3.47. The molecule has 0 radical (unpaired) electrons. The summed E-state index contributed by atoms with van der Waals surface area (Å²) in [7, 11) is 0. The van der Waals surface area contributed by atoms with Crippen LogP contribution in [0.3, 0.4) is 0 Å². The molecule has 20 heavy (non-hydrogen) atoms. The SMILES string of the molecule is CC1C(=O)c2cc3ccccc3cc2C1=C(C#N)C#N. The van der Waals surface area contributed by atoms with Crippen molar-refractivity contribution in [3.8, 4) is 12.1 Å². The lowest BCUT2D eigenvalue weighted by Crippen LogP contribution is -2.03. The van der Waals surface area contributed by atoms with Gasteiger partial charge in [-0.3, -0.25) is 4.79 Å². The average Bonchev–Trinajstić information content (AvgIpc) is 2.71. The fourth-order valence-electron chi connectivity index (χ4n) is 2.76. The van der Waals surface area contributed by atoms with Crippen molar-refractivity contribution in [2.45, 2.75) is 6.92 Å². The summed E-state index contributed by atoms with van der Waals surface area (Å²) in [4.78, 5) is 12.3. The molecule has 0 heterocycles. The van der Waals surface area contributed by atoms with E-state index in [0.717, 1.165) is 16.3 Å². The molecule has 0 spiro atoms. The fourth-order valence-corrected chi connectivity index (χ4v) is 2.76. The summed E-state index contributed by atoms with van der Waals surface area (Å²) >= 11 is 0. The van der Waals surface area contributed by atoms with Crippen LogP contribution in [0.2, 0.25) is 0 Å². The van der Waals surface area contributed by atoms with Crippen LogP contribution in [0.15, 0.2) is 42.0 Å². The molecule has 0 amide bonds. The van der Waals surface area contributed by atoms with E-state index in [2.05, 4.69) is 0 Å². The van der Waals surface area contributed by atoms with E-state index in [4.69, 9.17) is 10.5 Å². The summed E-state index contributed by atoms with van der Waals surface area (Å²) in [6, 6.07) is 15.3. The van der Waals surface area contributed by atoms with Crippen LogP contribution in [0.5, 0.6) is 0 Å². The van der Waals surface area contributed by atoms with Crippen molar-refractivity contribution >= 4 is 22.1 Å². The molecular weight excluding hydrogens is 248 g/mol. The number of rotatable bonds is 0. The molecule has 0 bridgehead atoms. The molecule has 1 unspecified atom stereocenters. The van der Waals surface area contributed by atoms with E-state index >= 15 is 0 Å². The summed E-state index contributed by atoms with van der Waals surface area (Å²) in [5, 5.41) is 20.2. The number of hydrogen-bond donors (Lipinski definition) is 0. The van der Waals surface area contributed by atoms with Crippen LogP contribution in [0.1, 0.15) is 22.8 Å². The number of allylic oxidation sites excluding steroid dienone is 2. The number of nitrogens with zero attached hydrogens (tertiary/aromatic N) is 2. The number of ketones is 1. The lowest BCUT2D eigenvalue weighted by molar-refractivity contribution is 0.0966. The Hall–Kier alpha value is -2.91. The molecule has 3 nitrogen and oxygen atoms in total. The molecule has 3 rings (SSSR count). The minimum Gasteiger partial charge on any atom is -0.293 e. The maximum atomic E-state index is 12.3. The highest BCUT2D eigenvalue weighted by molar-refractivity contribution is 6.17. The van der Waals surface area contributed by atoms with Gasteiger partial charge < -0.3 is 0 Å². The Kier molecular flexibility index (Phi) is 2.63. The van der Waals surface area contributed by atoms with Gasteiger partial charge in [-0.1, -0.05) is 31.2 Å². The zero-order valence-electron chi connectivity index (χ0n) is 10.8. The number of fused-ring (bicyclic) bond motifs is 2. The first-order valence-corrected chi connectivity index (χ1v) is 6.29. The van der Waals surface area contributed by atoms with Gasteiger partial charge in [0, 0.05) is 11.5 Å². The summed E-state index contributed by atoms with van der Waals surface area (Å²) in [6.45, 7) is 1.75. The minimum atomic E-state index is -0.434. The molecular formula is C17H10N2O. The summed E-state index contributed by atoms with van der Waals surface area (Å²) in [5.74, 6) is -0.458. The molecule has 94 valence electrons. The van der Waals surface area contributed by atoms with Crippen LogP contribution in [0.4, 0.5) is 0 Å². The third-order valence-electron chi connectivity index (χ3n) is 3.76. The van der Waals surface area contributed by atoms with Gasteiger partial charge in [-0.25, -0.2) is 0 Å². The second-order valence-electron chi connectivity index (χ2n) is 4.84. The first-order valence-electron chi connectivity index (χ1n) is 6.29. The summed E-state index contributed by atoms with van der Waals surface area (Å²) < 4.78 is 0. The second-order valence-corrected chi connectivity index (χ2v) is 4.84. The number of Topliss-reactive ketones (excluding diaryl/α,β-unsaturated/α-hetero) is 1. The van der Waals surface area contributed by atoms with Crippen molar-refractivity contribution < 1.29 is 4.79 Å². The standard InChI is InChI=1S/C17H10N2O/c1-10-16(13(8-18)9-19)14-6-11-4-2-3-5-12(11)7-15(14)17(10)20/h2-7,10H,1H3. The highest BCUT2D eigenvalue weighted by Gasteiger charge is 2.34. The highest BCUT2D eigenvalue weighted by atomic mass is 16.1. The highest BCUT2D eigenvalue weighted by Crippen LogP contribution is 2.40. The van der Waals surface area contributed by atoms with Crippen molar-refractivity contribution in [2.24, 2.45) is 5.92 Å². The van der Waals surface area contributed by atoms with Gasteiger partial charge in [0.15, 0.2) is 5.78 Å². The smallest absolute Gasteiger partial charge is 0.170 e. The van der Waals surface area contributed by atoms with Crippen molar-refractivity contribution in [2.75, 3.05) is 0 Å². The van der Waals surface area contributed by atoms with Gasteiger partial charge in [-0.2, -0.15) is 10.5 Å². The monoisotopic (exact) mass is 258 g/mol. The van der Waals surface area contributed by atoms with E-state index in [1.165, 1.54) is 0 Å². The number of carbonyl (C=O) groups excluding carboxylic acids is 1. The van der Waals surface area contributed by atoms with Crippen LogP contribution >= 0.6 is 0 Å². The average molecular weight is 258 g/mol. The van der Waals surface area contributed by atoms with Gasteiger partial charge in [0.2, 0.25) is 0 Å². The number of benzene rings is 2. The van der Waals surface area contributed by atoms with Crippen molar-refractivity contribution in [3.05, 3.63) is 53.1 Å². The van der Waals surface area contributed by atoms with E-state index in [0.29, 0.717) is 11.1 Å². The van der Waals surface area contributed by atoms with Gasteiger partial charge >= 0.3 is 0 Å². The summed E-state index contributed by atoms with van der Waals surface area (Å²) in [6.07, 6.45) is 0. The Balaban J connectivity index is 2.41. The van der Waals surface area contributed by atoms with Crippen molar-refractivity contribution in [3.63, 3.8) is 0 Å². The molecule has 1 aliphatic carbocycles. The number of nitriles is 2. The van der Waals surface area contributed by atoms with Crippen LogP contribution in [0, 0.1) is 28.6 Å². The molecule has 0 saturated heterocycles. The van der Waals surface area contributed by atoms with Crippen molar-refractivity contribution in [1.29, 1.82) is 10.5 Å². The van der Waals surface area contributed by atoms with Crippen LogP contribution in [-0.4, -0.2) is 5.78 Å². The van der Waals surface area contributed by atoms with Gasteiger partial charge in [0.1, 0.15) is 17.7 Å². The molecule has 0 N–H and O–H groups in total. The largest absolute Gasteiger partial charge is 0.293 e. The van der Waals surface area contributed by atoms with E-state index in [1.807, 2.05) is 48.5 Å². The number of hydrogen-bond acceptors (Lipinski definition) is 3. The first-order chi connectivity index (χ1) is 9.67. The molecule has 1 aliphatic rings. The minimum absolute atomic E-state index is 0.0243. The first kappa shape index (κ1) is 12.1. The lowest BCUT2D eigenvalue weighted by Gasteiger charge is -2.05. The Morgan fingerprint density at radius 3 is 2.15 bits per heavy atom. The molecule has 0 aliphatic heterocycles. The maximum absolute atomic E-state index is 12.3. The van der Waals surface area contributed by atoms with E-state index in [1.54, 1.807) is 6.92 Å². The van der Waals surface area contributed by atoms with Crippen molar-refractivity contribution in [1.82, 2.24) is 0 Å². The number of carbonyl (C=O) groups is 1. The van der Waals surface area contributed by atoms with E-state index in [-0.39, 0.29) is 11.4 Å².